The monoisotopic (exact) mass is 408 g/mol. The number of hydrogen-bond acceptors (Lipinski definition) is 3. The zero-order valence-corrected chi connectivity index (χ0v) is 17.4. The average molecular weight is 409 g/mol. The fraction of sp³-hybridized carbons (Fsp3) is 0.348. The van der Waals surface area contributed by atoms with Crippen molar-refractivity contribution in [2.75, 3.05) is 32.5 Å². The summed E-state index contributed by atoms with van der Waals surface area (Å²) in [4.78, 5) is 39.8. The molecule has 0 unspecified atom stereocenters. The Kier molecular flexibility index (Phi) is 7.06. The lowest BCUT2D eigenvalue weighted by Crippen LogP contribution is -2.40. The number of urea groups is 1. The Balaban J connectivity index is 1.62. The van der Waals surface area contributed by atoms with Crippen LogP contribution in [0.2, 0.25) is 0 Å². The first-order chi connectivity index (χ1) is 14.4. The van der Waals surface area contributed by atoms with Crippen LogP contribution in [0.4, 0.5) is 10.5 Å². The van der Waals surface area contributed by atoms with E-state index in [-0.39, 0.29) is 23.9 Å². The van der Waals surface area contributed by atoms with Gasteiger partial charge >= 0.3 is 6.03 Å². The largest absolute Gasteiger partial charge is 0.349 e. The number of carbonyl (C=O) groups excluding carboxylic acids is 3. The number of amides is 4. The fourth-order valence-electron chi connectivity index (χ4n) is 3.40. The maximum Gasteiger partial charge on any atom is 0.319 e. The molecule has 2 aromatic rings. The van der Waals surface area contributed by atoms with Crippen LogP contribution in [0.25, 0.3) is 0 Å². The summed E-state index contributed by atoms with van der Waals surface area (Å²) in [6.45, 7) is 1.17. The molecule has 1 fully saturated rings. The molecule has 158 valence electrons. The van der Waals surface area contributed by atoms with Gasteiger partial charge in [-0.25, -0.2) is 4.79 Å². The van der Waals surface area contributed by atoms with Gasteiger partial charge in [0.15, 0.2) is 0 Å². The highest BCUT2D eigenvalue weighted by Crippen LogP contribution is 2.19. The van der Waals surface area contributed by atoms with E-state index in [0.29, 0.717) is 25.1 Å². The van der Waals surface area contributed by atoms with Gasteiger partial charge in [-0.1, -0.05) is 42.5 Å². The molecule has 2 N–H and O–H groups in total. The molecule has 0 saturated carbocycles. The first kappa shape index (κ1) is 21.4. The minimum atomic E-state index is -0.340. The fourth-order valence-corrected chi connectivity index (χ4v) is 3.40. The molecule has 1 saturated heterocycles. The van der Waals surface area contributed by atoms with Gasteiger partial charge in [0.05, 0.1) is 12.5 Å². The van der Waals surface area contributed by atoms with Gasteiger partial charge in [0.2, 0.25) is 11.8 Å². The molecule has 1 aliphatic rings. The highest BCUT2D eigenvalue weighted by atomic mass is 16.2. The molecule has 0 aliphatic carbocycles. The van der Waals surface area contributed by atoms with Crippen molar-refractivity contribution in [2.45, 2.75) is 25.3 Å². The number of likely N-dealkylation sites (N-methyl/N-ethyl adjacent to an activating group) is 1. The molecule has 30 heavy (non-hydrogen) atoms. The zero-order chi connectivity index (χ0) is 21.5. The maximum atomic E-state index is 12.6. The topological polar surface area (TPSA) is 81.8 Å². The van der Waals surface area contributed by atoms with Crippen molar-refractivity contribution < 1.29 is 14.4 Å². The molecule has 2 aromatic carbocycles. The molecule has 3 rings (SSSR count). The van der Waals surface area contributed by atoms with Crippen molar-refractivity contribution >= 4 is 23.5 Å². The van der Waals surface area contributed by atoms with Crippen molar-refractivity contribution in [3.8, 4) is 0 Å². The van der Waals surface area contributed by atoms with Crippen LogP contribution in [0, 0.1) is 0 Å². The van der Waals surface area contributed by atoms with Gasteiger partial charge in [0.25, 0.3) is 0 Å². The minimum Gasteiger partial charge on any atom is -0.349 e. The number of nitrogens with one attached hydrogen (secondary N) is 2. The van der Waals surface area contributed by atoms with E-state index in [0.717, 1.165) is 24.1 Å². The Morgan fingerprint density at radius 1 is 1.07 bits per heavy atom. The summed E-state index contributed by atoms with van der Waals surface area (Å²) < 4.78 is 0. The molecule has 0 bridgehead atoms. The summed E-state index contributed by atoms with van der Waals surface area (Å²) in [5.74, 6) is 0.150. The van der Waals surface area contributed by atoms with Crippen LogP contribution >= 0.6 is 0 Å². The Morgan fingerprint density at radius 3 is 2.37 bits per heavy atom. The van der Waals surface area contributed by atoms with E-state index in [4.69, 9.17) is 0 Å². The van der Waals surface area contributed by atoms with E-state index in [9.17, 15) is 14.4 Å². The number of nitrogens with zero attached hydrogens (tertiary/aromatic N) is 2. The summed E-state index contributed by atoms with van der Waals surface area (Å²) in [5, 5.41) is 5.82. The molecular weight excluding hydrogens is 380 g/mol. The van der Waals surface area contributed by atoms with E-state index in [1.807, 2.05) is 42.5 Å². The summed E-state index contributed by atoms with van der Waals surface area (Å²) in [5.41, 5.74) is 2.47. The van der Waals surface area contributed by atoms with Crippen LogP contribution in [0.5, 0.6) is 0 Å². The molecule has 0 aromatic heterocycles. The second kappa shape index (κ2) is 9.91. The quantitative estimate of drug-likeness (QED) is 0.739. The Morgan fingerprint density at radius 2 is 1.77 bits per heavy atom. The minimum absolute atomic E-state index is 0.0237. The summed E-state index contributed by atoms with van der Waals surface area (Å²) in [6.07, 6.45) is 1.74. The van der Waals surface area contributed by atoms with Gasteiger partial charge in [-0.05, 0) is 29.7 Å². The van der Waals surface area contributed by atoms with Crippen LogP contribution in [0.3, 0.4) is 0 Å². The van der Waals surface area contributed by atoms with Gasteiger partial charge in [-0.2, -0.15) is 0 Å². The Bertz CT molecular complexity index is 881. The molecule has 1 atom stereocenters. The normalized spacial score (nSPS) is 14.3. The molecule has 7 nitrogen and oxygen atoms in total. The second-order valence-corrected chi connectivity index (χ2v) is 7.67. The molecule has 1 heterocycles. The standard InChI is InChI=1S/C23H28N4O3/c1-26(2)22(29)15-17-10-12-19(13-11-17)24-23(30)25-20(18-7-4-3-5-8-18)16-27-14-6-9-21(27)28/h3-5,7-8,10-13,20H,6,9,14-16H2,1-2H3,(H2,24,25,30)/t20-/m1/s1. The highest BCUT2D eigenvalue weighted by Gasteiger charge is 2.25. The van der Waals surface area contributed by atoms with Crippen LogP contribution in [0.1, 0.15) is 30.0 Å². The van der Waals surface area contributed by atoms with E-state index in [1.54, 1.807) is 36.0 Å². The van der Waals surface area contributed by atoms with Crippen LogP contribution in [-0.4, -0.2) is 54.8 Å². The molecule has 1 aliphatic heterocycles. The van der Waals surface area contributed by atoms with Gasteiger partial charge in [0.1, 0.15) is 0 Å². The lowest BCUT2D eigenvalue weighted by Gasteiger charge is -2.25. The predicted molar refractivity (Wildman–Crippen MR) is 116 cm³/mol. The smallest absolute Gasteiger partial charge is 0.319 e. The van der Waals surface area contributed by atoms with Crippen molar-refractivity contribution in [3.05, 3.63) is 65.7 Å². The number of likely N-dealkylation sites (tertiary alicyclic amines) is 1. The third kappa shape index (κ3) is 5.83. The molecule has 7 heteroatoms. The zero-order valence-electron chi connectivity index (χ0n) is 17.4. The predicted octanol–water partition coefficient (Wildman–Crippen LogP) is 2.80. The lowest BCUT2D eigenvalue weighted by atomic mass is 10.1. The van der Waals surface area contributed by atoms with Crippen molar-refractivity contribution in [1.29, 1.82) is 0 Å². The molecular formula is C23H28N4O3. The van der Waals surface area contributed by atoms with Crippen LogP contribution in [-0.2, 0) is 16.0 Å². The Hall–Kier alpha value is -3.35. The van der Waals surface area contributed by atoms with Crippen LogP contribution in [0.15, 0.2) is 54.6 Å². The van der Waals surface area contributed by atoms with Crippen molar-refractivity contribution in [2.24, 2.45) is 0 Å². The summed E-state index contributed by atoms with van der Waals surface area (Å²) >= 11 is 0. The third-order valence-electron chi connectivity index (χ3n) is 5.15. The number of rotatable bonds is 7. The average Bonchev–Trinajstić information content (AvgIpc) is 3.14. The molecule has 0 spiro atoms. The second-order valence-electron chi connectivity index (χ2n) is 7.67. The van der Waals surface area contributed by atoms with Gasteiger partial charge in [-0.3, -0.25) is 9.59 Å². The highest BCUT2D eigenvalue weighted by molar-refractivity contribution is 5.89. The first-order valence-corrected chi connectivity index (χ1v) is 10.1. The van der Waals surface area contributed by atoms with Crippen LogP contribution < -0.4 is 10.6 Å². The third-order valence-corrected chi connectivity index (χ3v) is 5.15. The van der Waals surface area contributed by atoms with Gasteiger partial charge in [-0.15, -0.1) is 0 Å². The van der Waals surface area contributed by atoms with E-state index in [2.05, 4.69) is 10.6 Å². The maximum absolute atomic E-state index is 12.6. The summed E-state index contributed by atoms with van der Waals surface area (Å²) in [7, 11) is 3.45. The molecule has 4 amide bonds. The number of benzene rings is 2. The van der Waals surface area contributed by atoms with E-state index >= 15 is 0 Å². The van der Waals surface area contributed by atoms with E-state index in [1.165, 1.54) is 0 Å². The number of carbonyl (C=O) groups is 3. The molecule has 0 radical (unpaired) electrons. The first-order valence-electron chi connectivity index (χ1n) is 10.1. The number of anilines is 1. The van der Waals surface area contributed by atoms with Gasteiger partial charge < -0.3 is 20.4 Å². The van der Waals surface area contributed by atoms with E-state index < -0.39 is 0 Å². The SMILES string of the molecule is CN(C)C(=O)Cc1ccc(NC(=O)N[C@H](CN2CCCC2=O)c2ccccc2)cc1. The number of hydrogen-bond donors (Lipinski definition) is 2. The van der Waals surface area contributed by atoms with Gasteiger partial charge in [0, 0.05) is 39.3 Å². The summed E-state index contributed by atoms with van der Waals surface area (Å²) in [6, 6.07) is 16.2. The van der Waals surface area contributed by atoms with Crippen molar-refractivity contribution in [1.82, 2.24) is 15.1 Å². The Labute approximate surface area is 177 Å². The van der Waals surface area contributed by atoms with Crippen molar-refractivity contribution in [3.63, 3.8) is 0 Å². The lowest BCUT2D eigenvalue weighted by molar-refractivity contribution is -0.128.